The summed E-state index contributed by atoms with van der Waals surface area (Å²) in [5.41, 5.74) is 2.50. The van der Waals surface area contributed by atoms with Crippen LogP contribution in [0.3, 0.4) is 0 Å². The number of nitriles is 1. The second kappa shape index (κ2) is 18.6. The highest BCUT2D eigenvalue weighted by Gasteiger charge is 2.36. The third-order valence-electron chi connectivity index (χ3n) is 8.73. The van der Waals surface area contributed by atoms with E-state index in [0.717, 1.165) is 68.4 Å². The van der Waals surface area contributed by atoms with E-state index in [1.807, 2.05) is 36.4 Å². The quantitative estimate of drug-likeness (QED) is 0.127. The molecule has 0 atom stereocenters. The number of unbranched alkanes of at least 4 members (excludes halogenated alkanes) is 11. The van der Waals surface area contributed by atoms with Crippen molar-refractivity contribution in [2.45, 2.75) is 136 Å². The Labute approximate surface area is 249 Å². The number of carbonyl (C=O) groups excluding carboxylic acids is 1. The molecular formula is C37H53NO3. The standard InChI is InChI=1S/C37H53NO3/c1-3-5-7-9-10-11-13-15-29-40-34-22-20-32(21-23-34)31-16-18-33(19-17-31)36(39)41-35-24-27-37(30-38,28-25-35)26-14-12-8-6-4-2/h16-23,35H,3-15,24-29H2,1-2H3. The van der Waals surface area contributed by atoms with E-state index in [0.29, 0.717) is 5.56 Å². The summed E-state index contributed by atoms with van der Waals surface area (Å²) in [5, 5.41) is 9.86. The van der Waals surface area contributed by atoms with Gasteiger partial charge in [-0.1, -0.05) is 115 Å². The second-order valence-corrected chi connectivity index (χ2v) is 12.1. The summed E-state index contributed by atoms with van der Waals surface area (Å²) in [5.74, 6) is 0.636. The Kier molecular flexibility index (Phi) is 14.8. The Hall–Kier alpha value is -2.80. The lowest BCUT2D eigenvalue weighted by molar-refractivity contribution is 0.0105. The maximum absolute atomic E-state index is 12.8. The van der Waals surface area contributed by atoms with Crippen LogP contribution in [0.25, 0.3) is 11.1 Å². The largest absolute Gasteiger partial charge is 0.494 e. The molecule has 0 heterocycles. The van der Waals surface area contributed by atoms with E-state index in [-0.39, 0.29) is 17.5 Å². The molecule has 1 saturated carbocycles. The van der Waals surface area contributed by atoms with Crippen LogP contribution in [0, 0.1) is 16.7 Å². The summed E-state index contributed by atoms with van der Waals surface area (Å²) in [6.45, 7) is 5.25. The van der Waals surface area contributed by atoms with Crippen molar-refractivity contribution in [3.05, 3.63) is 54.1 Å². The van der Waals surface area contributed by atoms with E-state index >= 15 is 0 Å². The Bertz CT molecular complexity index is 1030. The number of hydrogen-bond acceptors (Lipinski definition) is 4. The first-order chi connectivity index (χ1) is 20.1. The van der Waals surface area contributed by atoms with Crippen LogP contribution in [0.1, 0.15) is 140 Å². The molecule has 1 fully saturated rings. The van der Waals surface area contributed by atoms with Crippen molar-refractivity contribution in [1.29, 1.82) is 5.26 Å². The zero-order valence-corrected chi connectivity index (χ0v) is 25.8. The van der Waals surface area contributed by atoms with Gasteiger partial charge in [0.05, 0.1) is 23.7 Å². The van der Waals surface area contributed by atoms with Gasteiger partial charge in [-0.15, -0.1) is 0 Å². The maximum atomic E-state index is 12.8. The van der Waals surface area contributed by atoms with Gasteiger partial charge in [0.1, 0.15) is 11.9 Å². The molecule has 1 aliphatic rings. The summed E-state index contributed by atoms with van der Waals surface area (Å²) in [6, 6.07) is 18.5. The van der Waals surface area contributed by atoms with Gasteiger partial charge in [-0.25, -0.2) is 4.79 Å². The number of esters is 1. The fourth-order valence-corrected chi connectivity index (χ4v) is 5.93. The minimum Gasteiger partial charge on any atom is -0.494 e. The lowest BCUT2D eigenvalue weighted by Crippen LogP contribution is -2.31. The van der Waals surface area contributed by atoms with Crippen molar-refractivity contribution in [3.63, 3.8) is 0 Å². The summed E-state index contributed by atoms with van der Waals surface area (Å²) in [7, 11) is 0. The van der Waals surface area contributed by atoms with Crippen LogP contribution in [0.5, 0.6) is 5.75 Å². The zero-order chi connectivity index (χ0) is 29.2. The molecule has 0 aromatic heterocycles. The number of benzene rings is 2. The molecule has 0 amide bonds. The van der Waals surface area contributed by atoms with E-state index in [1.54, 1.807) is 0 Å². The number of ether oxygens (including phenoxy) is 2. The van der Waals surface area contributed by atoms with Crippen molar-refractivity contribution in [2.24, 2.45) is 5.41 Å². The first-order valence-electron chi connectivity index (χ1n) is 16.5. The third-order valence-corrected chi connectivity index (χ3v) is 8.73. The van der Waals surface area contributed by atoms with Gasteiger partial charge in [0.15, 0.2) is 0 Å². The molecule has 0 N–H and O–H groups in total. The van der Waals surface area contributed by atoms with Crippen LogP contribution in [-0.2, 0) is 4.74 Å². The van der Waals surface area contributed by atoms with Crippen LogP contribution in [0.4, 0.5) is 0 Å². The number of nitrogens with zero attached hydrogens (tertiary/aromatic N) is 1. The van der Waals surface area contributed by atoms with Gasteiger partial charge in [-0.05, 0) is 73.9 Å². The number of rotatable bonds is 19. The van der Waals surface area contributed by atoms with Crippen molar-refractivity contribution in [3.8, 4) is 22.9 Å². The monoisotopic (exact) mass is 559 g/mol. The normalized spacial score (nSPS) is 18.5. The predicted octanol–water partition coefficient (Wildman–Crippen LogP) is 10.8. The average molecular weight is 560 g/mol. The van der Waals surface area contributed by atoms with Crippen molar-refractivity contribution in [2.75, 3.05) is 6.61 Å². The molecule has 0 saturated heterocycles. The topological polar surface area (TPSA) is 59.3 Å². The molecule has 3 rings (SSSR count). The predicted molar refractivity (Wildman–Crippen MR) is 169 cm³/mol. The molecule has 2 aromatic carbocycles. The Morgan fingerprint density at radius 1 is 0.756 bits per heavy atom. The Morgan fingerprint density at radius 3 is 1.83 bits per heavy atom. The summed E-state index contributed by atoms with van der Waals surface area (Å²) >= 11 is 0. The molecule has 224 valence electrons. The van der Waals surface area contributed by atoms with Crippen LogP contribution >= 0.6 is 0 Å². The number of hydrogen-bond donors (Lipinski definition) is 0. The smallest absolute Gasteiger partial charge is 0.338 e. The molecule has 41 heavy (non-hydrogen) atoms. The molecule has 0 aliphatic heterocycles. The highest BCUT2D eigenvalue weighted by molar-refractivity contribution is 5.90. The van der Waals surface area contributed by atoms with Gasteiger partial charge in [-0.2, -0.15) is 5.26 Å². The van der Waals surface area contributed by atoms with Crippen LogP contribution < -0.4 is 4.74 Å². The Balaban J connectivity index is 1.37. The summed E-state index contributed by atoms with van der Waals surface area (Å²) in [6.07, 6.45) is 20.6. The molecule has 4 nitrogen and oxygen atoms in total. The minimum absolute atomic E-state index is 0.0953. The minimum atomic E-state index is -0.268. The molecule has 0 radical (unpaired) electrons. The van der Waals surface area contributed by atoms with Gasteiger partial charge >= 0.3 is 5.97 Å². The van der Waals surface area contributed by atoms with Crippen LogP contribution in [-0.4, -0.2) is 18.7 Å². The molecule has 2 aromatic rings. The van der Waals surface area contributed by atoms with Gasteiger partial charge in [0.25, 0.3) is 0 Å². The summed E-state index contributed by atoms with van der Waals surface area (Å²) in [4.78, 5) is 12.8. The highest BCUT2D eigenvalue weighted by atomic mass is 16.5. The van der Waals surface area contributed by atoms with E-state index in [2.05, 4.69) is 32.0 Å². The lowest BCUT2D eigenvalue weighted by atomic mass is 9.71. The van der Waals surface area contributed by atoms with Crippen molar-refractivity contribution in [1.82, 2.24) is 0 Å². The lowest BCUT2D eigenvalue weighted by Gasteiger charge is -2.34. The van der Waals surface area contributed by atoms with E-state index < -0.39 is 0 Å². The van der Waals surface area contributed by atoms with Crippen molar-refractivity contribution < 1.29 is 14.3 Å². The van der Waals surface area contributed by atoms with E-state index in [4.69, 9.17) is 9.47 Å². The van der Waals surface area contributed by atoms with Gasteiger partial charge in [0.2, 0.25) is 0 Å². The fourth-order valence-electron chi connectivity index (χ4n) is 5.93. The first kappa shape index (κ1) is 32.7. The second-order valence-electron chi connectivity index (χ2n) is 12.1. The van der Waals surface area contributed by atoms with E-state index in [9.17, 15) is 10.1 Å². The van der Waals surface area contributed by atoms with Crippen molar-refractivity contribution >= 4 is 5.97 Å². The molecular weight excluding hydrogens is 506 g/mol. The average Bonchev–Trinajstić information content (AvgIpc) is 3.01. The number of carbonyl (C=O) groups is 1. The van der Waals surface area contributed by atoms with Crippen LogP contribution in [0.15, 0.2) is 48.5 Å². The van der Waals surface area contributed by atoms with E-state index in [1.165, 1.54) is 70.6 Å². The molecule has 0 unspecified atom stereocenters. The van der Waals surface area contributed by atoms with Gasteiger partial charge in [0, 0.05) is 0 Å². The Morgan fingerprint density at radius 2 is 1.27 bits per heavy atom. The SMILES string of the molecule is CCCCCCCCCCOc1ccc(-c2ccc(C(=O)OC3CCC(C#N)(CCCCCCC)CC3)cc2)cc1. The van der Waals surface area contributed by atoms with Crippen LogP contribution in [0.2, 0.25) is 0 Å². The molecule has 4 heteroatoms. The first-order valence-corrected chi connectivity index (χ1v) is 16.5. The molecule has 1 aliphatic carbocycles. The summed E-state index contributed by atoms with van der Waals surface area (Å²) < 4.78 is 11.8. The zero-order valence-electron chi connectivity index (χ0n) is 25.8. The highest BCUT2D eigenvalue weighted by Crippen LogP contribution is 2.41. The third kappa shape index (κ3) is 11.5. The molecule has 0 bridgehead atoms. The molecule has 0 spiro atoms. The van der Waals surface area contributed by atoms with Gasteiger partial charge < -0.3 is 9.47 Å². The maximum Gasteiger partial charge on any atom is 0.338 e. The van der Waals surface area contributed by atoms with Gasteiger partial charge in [-0.3, -0.25) is 0 Å². The fraction of sp³-hybridized carbons (Fsp3) is 0.622.